The Balaban J connectivity index is 2.11. The van der Waals surface area contributed by atoms with E-state index in [4.69, 9.17) is 10.5 Å². The van der Waals surface area contributed by atoms with Crippen LogP contribution in [0.1, 0.15) is 10.7 Å². The molecule has 0 atom stereocenters. The largest absolute Gasteiger partial charge is 0.490 e. The molecule has 0 saturated heterocycles. The topological polar surface area (TPSA) is 86.0 Å². The maximum atomic E-state index is 5.68. The first-order valence-electron chi connectivity index (χ1n) is 5.00. The normalized spacial score (nSPS) is 10.2. The first-order valence-corrected chi connectivity index (χ1v) is 5.88. The van der Waals surface area contributed by atoms with Crippen molar-refractivity contribution in [2.75, 3.05) is 18.2 Å². The van der Waals surface area contributed by atoms with Crippen molar-refractivity contribution >= 4 is 23.0 Å². The van der Waals surface area contributed by atoms with Gasteiger partial charge in [-0.25, -0.2) is 15.0 Å². The summed E-state index contributed by atoms with van der Waals surface area (Å²) in [5, 5.41) is 6.12. The first-order chi connectivity index (χ1) is 8.20. The van der Waals surface area contributed by atoms with Crippen LogP contribution < -0.4 is 15.8 Å². The SMILES string of the molecule is COc1c(N)ncnc1NCc1nc(C)cs1. The highest BCUT2D eigenvalue weighted by atomic mass is 32.1. The molecule has 0 unspecified atom stereocenters. The summed E-state index contributed by atoms with van der Waals surface area (Å²) in [6, 6.07) is 0. The molecule has 0 saturated carbocycles. The molecule has 0 spiro atoms. The summed E-state index contributed by atoms with van der Waals surface area (Å²) in [5.74, 6) is 1.36. The number of rotatable bonds is 4. The van der Waals surface area contributed by atoms with E-state index in [2.05, 4.69) is 20.3 Å². The molecule has 0 aromatic carbocycles. The van der Waals surface area contributed by atoms with Crippen LogP contribution in [-0.2, 0) is 6.54 Å². The zero-order valence-electron chi connectivity index (χ0n) is 9.60. The number of nitrogens with two attached hydrogens (primary N) is 1. The van der Waals surface area contributed by atoms with Crippen molar-refractivity contribution < 1.29 is 4.74 Å². The summed E-state index contributed by atoms with van der Waals surface area (Å²) >= 11 is 1.60. The molecular weight excluding hydrogens is 238 g/mol. The average molecular weight is 251 g/mol. The zero-order valence-corrected chi connectivity index (χ0v) is 10.4. The number of aromatic nitrogens is 3. The van der Waals surface area contributed by atoms with Gasteiger partial charge in [0.2, 0.25) is 5.75 Å². The standard InChI is InChI=1S/C10H13N5OS/c1-6-4-17-7(15-6)3-12-10-8(16-2)9(11)13-5-14-10/h4-5H,3H2,1-2H3,(H3,11,12,13,14). The zero-order chi connectivity index (χ0) is 12.3. The van der Waals surface area contributed by atoms with Crippen molar-refractivity contribution in [2.45, 2.75) is 13.5 Å². The Kier molecular flexibility index (Phi) is 3.38. The molecule has 90 valence electrons. The van der Waals surface area contributed by atoms with Crippen molar-refractivity contribution in [3.05, 3.63) is 22.4 Å². The summed E-state index contributed by atoms with van der Waals surface area (Å²) in [4.78, 5) is 12.3. The maximum Gasteiger partial charge on any atom is 0.203 e. The summed E-state index contributed by atoms with van der Waals surface area (Å²) in [5.41, 5.74) is 6.69. The molecule has 2 aromatic heterocycles. The van der Waals surface area contributed by atoms with Crippen LogP contribution in [0.4, 0.5) is 11.6 Å². The highest BCUT2D eigenvalue weighted by molar-refractivity contribution is 7.09. The summed E-state index contributed by atoms with van der Waals surface area (Å²) in [6.45, 7) is 2.55. The second-order valence-corrected chi connectivity index (χ2v) is 4.32. The van der Waals surface area contributed by atoms with Gasteiger partial charge in [-0.2, -0.15) is 0 Å². The van der Waals surface area contributed by atoms with Crippen LogP contribution in [0, 0.1) is 6.92 Å². The van der Waals surface area contributed by atoms with E-state index >= 15 is 0 Å². The van der Waals surface area contributed by atoms with E-state index in [1.54, 1.807) is 11.3 Å². The molecule has 17 heavy (non-hydrogen) atoms. The number of hydrogen-bond donors (Lipinski definition) is 2. The quantitative estimate of drug-likeness (QED) is 0.855. The predicted molar refractivity (Wildman–Crippen MR) is 67.2 cm³/mol. The Bertz CT molecular complexity index is 513. The van der Waals surface area contributed by atoms with Crippen molar-refractivity contribution in [2.24, 2.45) is 0 Å². The number of ether oxygens (including phenoxy) is 1. The minimum atomic E-state index is 0.320. The number of anilines is 2. The number of nitrogens with one attached hydrogen (secondary N) is 1. The number of thiazole rings is 1. The molecule has 7 heteroatoms. The van der Waals surface area contributed by atoms with Gasteiger partial charge in [-0.1, -0.05) is 0 Å². The van der Waals surface area contributed by atoms with Gasteiger partial charge in [0.15, 0.2) is 11.6 Å². The second kappa shape index (κ2) is 4.96. The van der Waals surface area contributed by atoms with E-state index in [9.17, 15) is 0 Å². The monoisotopic (exact) mass is 251 g/mol. The van der Waals surface area contributed by atoms with E-state index in [0.717, 1.165) is 10.7 Å². The van der Waals surface area contributed by atoms with Crippen LogP contribution >= 0.6 is 11.3 Å². The number of nitrogen functional groups attached to an aromatic ring is 1. The van der Waals surface area contributed by atoms with Gasteiger partial charge in [0.1, 0.15) is 11.3 Å². The van der Waals surface area contributed by atoms with Gasteiger partial charge >= 0.3 is 0 Å². The molecular formula is C10H13N5OS. The van der Waals surface area contributed by atoms with Gasteiger partial charge < -0.3 is 15.8 Å². The highest BCUT2D eigenvalue weighted by Gasteiger charge is 2.09. The third kappa shape index (κ3) is 2.62. The van der Waals surface area contributed by atoms with Crippen molar-refractivity contribution in [3.63, 3.8) is 0 Å². The van der Waals surface area contributed by atoms with Crippen molar-refractivity contribution in [1.29, 1.82) is 0 Å². The van der Waals surface area contributed by atoms with Crippen LogP contribution in [0.15, 0.2) is 11.7 Å². The smallest absolute Gasteiger partial charge is 0.203 e. The van der Waals surface area contributed by atoms with Crippen LogP contribution in [0.2, 0.25) is 0 Å². The molecule has 2 heterocycles. The van der Waals surface area contributed by atoms with Crippen LogP contribution in [-0.4, -0.2) is 22.1 Å². The molecule has 0 fully saturated rings. The highest BCUT2D eigenvalue weighted by Crippen LogP contribution is 2.26. The van der Waals surface area contributed by atoms with E-state index in [1.165, 1.54) is 13.4 Å². The van der Waals surface area contributed by atoms with Gasteiger partial charge in [0, 0.05) is 11.1 Å². The third-order valence-electron chi connectivity index (χ3n) is 2.11. The first kappa shape index (κ1) is 11.6. The molecule has 0 aliphatic rings. The van der Waals surface area contributed by atoms with E-state index < -0.39 is 0 Å². The van der Waals surface area contributed by atoms with E-state index in [0.29, 0.717) is 23.9 Å². The lowest BCUT2D eigenvalue weighted by Crippen LogP contribution is -2.06. The molecule has 2 aromatic rings. The Morgan fingerprint density at radius 3 is 2.94 bits per heavy atom. The predicted octanol–water partition coefficient (Wildman–Crippen LogP) is 1.44. The van der Waals surface area contributed by atoms with Gasteiger partial charge in [0.05, 0.1) is 13.7 Å². The molecule has 0 radical (unpaired) electrons. The lowest BCUT2D eigenvalue weighted by atomic mass is 10.4. The molecule has 3 N–H and O–H groups in total. The molecule has 0 bridgehead atoms. The van der Waals surface area contributed by atoms with Crippen molar-refractivity contribution in [1.82, 2.24) is 15.0 Å². The minimum Gasteiger partial charge on any atom is -0.490 e. The number of nitrogens with zero attached hydrogens (tertiary/aromatic N) is 3. The fourth-order valence-corrected chi connectivity index (χ4v) is 2.07. The van der Waals surface area contributed by atoms with E-state index in [1.807, 2.05) is 12.3 Å². The molecule has 0 aliphatic carbocycles. The maximum absolute atomic E-state index is 5.68. The fraction of sp³-hybridized carbons (Fsp3) is 0.300. The summed E-state index contributed by atoms with van der Waals surface area (Å²) < 4.78 is 5.14. The lowest BCUT2D eigenvalue weighted by Gasteiger charge is -2.09. The van der Waals surface area contributed by atoms with Crippen LogP contribution in [0.5, 0.6) is 5.75 Å². The van der Waals surface area contributed by atoms with Gasteiger partial charge in [-0.3, -0.25) is 0 Å². The summed E-state index contributed by atoms with van der Waals surface area (Å²) in [6.07, 6.45) is 1.40. The Hall–Kier alpha value is -1.89. The third-order valence-corrected chi connectivity index (χ3v) is 3.08. The molecule has 0 amide bonds. The second-order valence-electron chi connectivity index (χ2n) is 3.38. The number of hydrogen-bond acceptors (Lipinski definition) is 7. The Labute approximate surface area is 103 Å². The Morgan fingerprint density at radius 2 is 2.29 bits per heavy atom. The molecule has 0 aliphatic heterocycles. The number of aryl methyl sites for hydroxylation is 1. The van der Waals surface area contributed by atoms with Crippen LogP contribution in [0.25, 0.3) is 0 Å². The summed E-state index contributed by atoms with van der Waals surface area (Å²) in [7, 11) is 1.54. The van der Waals surface area contributed by atoms with Gasteiger partial charge in [-0.05, 0) is 6.92 Å². The van der Waals surface area contributed by atoms with Gasteiger partial charge in [0.25, 0.3) is 0 Å². The number of methoxy groups -OCH3 is 1. The average Bonchev–Trinajstić information content (AvgIpc) is 2.72. The fourth-order valence-electron chi connectivity index (χ4n) is 1.36. The van der Waals surface area contributed by atoms with E-state index in [-0.39, 0.29) is 0 Å². The Morgan fingerprint density at radius 1 is 1.47 bits per heavy atom. The van der Waals surface area contributed by atoms with Crippen LogP contribution in [0.3, 0.4) is 0 Å². The molecule has 6 nitrogen and oxygen atoms in total. The van der Waals surface area contributed by atoms with Crippen molar-refractivity contribution in [3.8, 4) is 5.75 Å². The lowest BCUT2D eigenvalue weighted by molar-refractivity contribution is 0.415. The van der Waals surface area contributed by atoms with Gasteiger partial charge in [-0.15, -0.1) is 11.3 Å². The minimum absolute atomic E-state index is 0.320. The molecule has 2 rings (SSSR count).